The predicted molar refractivity (Wildman–Crippen MR) is 85.6 cm³/mol. The van der Waals surface area contributed by atoms with Crippen LogP contribution in [0.2, 0.25) is 0 Å². The Labute approximate surface area is 124 Å². The number of carbonyl (C=O) groups is 1. The molecule has 0 spiro atoms. The van der Waals surface area contributed by atoms with E-state index >= 15 is 0 Å². The molecule has 0 heterocycles. The SMILES string of the molecule is CC[C@H](C)Oc1ccc(C(=O)Nc2cccc(N)c2)cc1. The fourth-order valence-electron chi connectivity index (χ4n) is 1.82. The summed E-state index contributed by atoms with van der Waals surface area (Å²) in [4.78, 5) is 12.1. The Morgan fingerprint density at radius 3 is 2.57 bits per heavy atom. The second-order valence-electron chi connectivity index (χ2n) is 4.94. The van der Waals surface area contributed by atoms with Gasteiger partial charge in [-0.1, -0.05) is 13.0 Å². The van der Waals surface area contributed by atoms with E-state index in [0.29, 0.717) is 16.9 Å². The van der Waals surface area contributed by atoms with Crippen LogP contribution in [0.5, 0.6) is 5.75 Å². The number of nitrogen functional groups attached to an aromatic ring is 1. The highest BCUT2D eigenvalue weighted by Gasteiger charge is 2.07. The summed E-state index contributed by atoms with van der Waals surface area (Å²) in [5.41, 5.74) is 7.56. The number of anilines is 2. The van der Waals surface area contributed by atoms with Gasteiger partial charge in [-0.2, -0.15) is 0 Å². The van der Waals surface area contributed by atoms with Crippen molar-refractivity contribution < 1.29 is 9.53 Å². The molecule has 2 aromatic carbocycles. The van der Waals surface area contributed by atoms with Crippen molar-refractivity contribution in [3.8, 4) is 5.75 Å². The van der Waals surface area contributed by atoms with Gasteiger partial charge in [0.15, 0.2) is 0 Å². The Kier molecular flexibility index (Phi) is 4.82. The van der Waals surface area contributed by atoms with Gasteiger partial charge in [0.2, 0.25) is 0 Å². The van der Waals surface area contributed by atoms with Crippen molar-refractivity contribution in [2.45, 2.75) is 26.4 Å². The lowest BCUT2D eigenvalue weighted by atomic mass is 10.2. The topological polar surface area (TPSA) is 64.3 Å². The van der Waals surface area contributed by atoms with Crippen molar-refractivity contribution in [2.75, 3.05) is 11.1 Å². The van der Waals surface area contributed by atoms with E-state index in [-0.39, 0.29) is 12.0 Å². The van der Waals surface area contributed by atoms with E-state index in [0.717, 1.165) is 12.2 Å². The van der Waals surface area contributed by atoms with Crippen LogP contribution in [0.1, 0.15) is 30.6 Å². The van der Waals surface area contributed by atoms with Crippen molar-refractivity contribution in [3.05, 3.63) is 54.1 Å². The Morgan fingerprint density at radius 2 is 1.95 bits per heavy atom. The molecular weight excluding hydrogens is 264 g/mol. The summed E-state index contributed by atoms with van der Waals surface area (Å²) in [6.07, 6.45) is 1.11. The molecule has 110 valence electrons. The number of rotatable bonds is 5. The standard InChI is InChI=1S/C17H20N2O2/c1-3-12(2)21-16-9-7-13(8-10-16)17(20)19-15-6-4-5-14(18)11-15/h4-12H,3,18H2,1-2H3,(H,19,20)/t12-/m0/s1. The van der Waals surface area contributed by atoms with Crippen LogP contribution in [-0.2, 0) is 0 Å². The third-order valence-corrected chi connectivity index (χ3v) is 3.17. The van der Waals surface area contributed by atoms with Gasteiger partial charge in [-0.3, -0.25) is 4.79 Å². The van der Waals surface area contributed by atoms with Crippen LogP contribution in [0.3, 0.4) is 0 Å². The smallest absolute Gasteiger partial charge is 0.255 e. The van der Waals surface area contributed by atoms with Crippen molar-refractivity contribution in [1.82, 2.24) is 0 Å². The molecule has 0 aliphatic heterocycles. The first kappa shape index (κ1) is 14.9. The summed E-state index contributed by atoms with van der Waals surface area (Å²) in [5, 5.41) is 2.81. The summed E-state index contributed by atoms with van der Waals surface area (Å²) in [6, 6.07) is 14.2. The molecule has 4 heteroatoms. The monoisotopic (exact) mass is 284 g/mol. The molecule has 0 bridgehead atoms. The lowest BCUT2D eigenvalue weighted by Gasteiger charge is -2.12. The molecule has 0 radical (unpaired) electrons. The van der Waals surface area contributed by atoms with E-state index in [1.54, 1.807) is 48.5 Å². The van der Waals surface area contributed by atoms with Gasteiger partial charge in [-0.25, -0.2) is 0 Å². The molecule has 0 unspecified atom stereocenters. The minimum absolute atomic E-state index is 0.164. The number of nitrogens with two attached hydrogens (primary N) is 1. The van der Waals surface area contributed by atoms with Crippen LogP contribution in [-0.4, -0.2) is 12.0 Å². The van der Waals surface area contributed by atoms with Crippen LogP contribution in [0.4, 0.5) is 11.4 Å². The second-order valence-corrected chi connectivity index (χ2v) is 4.94. The number of ether oxygens (including phenoxy) is 1. The highest BCUT2D eigenvalue weighted by atomic mass is 16.5. The maximum Gasteiger partial charge on any atom is 0.255 e. The fourth-order valence-corrected chi connectivity index (χ4v) is 1.82. The normalized spacial score (nSPS) is 11.7. The summed E-state index contributed by atoms with van der Waals surface area (Å²) in [5.74, 6) is 0.598. The van der Waals surface area contributed by atoms with E-state index in [9.17, 15) is 4.79 Å². The van der Waals surface area contributed by atoms with Crippen LogP contribution in [0, 0.1) is 0 Å². The first-order valence-corrected chi connectivity index (χ1v) is 7.02. The Morgan fingerprint density at radius 1 is 1.24 bits per heavy atom. The molecule has 0 fully saturated rings. The van der Waals surface area contributed by atoms with Gasteiger partial charge in [0.25, 0.3) is 5.91 Å². The average molecular weight is 284 g/mol. The van der Waals surface area contributed by atoms with E-state index in [1.807, 2.05) is 6.92 Å². The molecule has 1 atom stereocenters. The second kappa shape index (κ2) is 6.79. The fraction of sp³-hybridized carbons (Fsp3) is 0.235. The zero-order chi connectivity index (χ0) is 15.2. The van der Waals surface area contributed by atoms with Crippen LogP contribution in [0.25, 0.3) is 0 Å². The van der Waals surface area contributed by atoms with Crippen molar-refractivity contribution in [2.24, 2.45) is 0 Å². The van der Waals surface area contributed by atoms with Crippen molar-refractivity contribution >= 4 is 17.3 Å². The van der Waals surface area contributed by atoms with Gasteiger partial charge in [-0.05, 0) is 55.8 Å². The number of amides is 1. The molecular formula is C17H20N2O2. The highest BCUT2D eigenvalue weighted by Crippen LogP contribution is 2.17. The van der Waals surface area contributed by atoms with Crippen LogP contribution < -0.4 is 15.8 Å². The molecule has 0 aliphatic carbocycles. The number of benzene rings is 2. The maximum absolute atomic E-state index is 12.1. The molecule has 4 nitrogen and oxygen atoms in total. The Balaban J connectivity index is 2.03. The molecule has 21 heavy (non-hydrogen) atoms. The molecule has 2 aromatic rings. The van der Waals surface area contributed by atoms with E-state index < -0.39 is 0 Å². The molecule has 1 amide bonds. The highest BCUT2D eigenvalue weighted by molar-refractivity contribution is 6.04. The van der Waals surface area contributed by atoms with Crippen molar-refractivity contribution in [3.63, 3.8) is 0 Å². The van der Waals surface area contributed by atoms with Crippen LogP contribution in [0.15, 0.2) is 48.5 Å². The maximum atomic E-state index is 12.1. The largest absolute Gasteiger partial charge is 0.491 e. The first-order valence-electron chi connectivity index (χ1n) is 7.02. The lowest BCUT2D eigenvalue weighted by molar-refractivity contribution is 0.102. The quantitative estimate of drug-likeness (QED) is 0.823. The van der Waals surface area contributed by atoms with E-state index in [1.165, 1.54) is 0 Å². The molecule has 0 saturated carbocycles. The average Bonchev–Trinajstić information content (AvgIpc) is 2.47. The van der Waals surface area contributed by atoms with Gasteiger partial charge in [-0.15, -0.1) is 0 Å². The molecule has 0 aromatic heterocycles. The summed E-state index contributed by atoms with van der Waals surface area (Å²) < 4.78 is 5.68. The zero-order valence-corrected chi connectivity index (χ0v) is 12.3. The molecule has 3 N–H and O–H groups in total. The molecule has 2 rings (SSSR count). The third kappa shape index (κ3) is 4.24. The van der Waals surface area contributed by atoms with Crippen LogP contribution >= 0.6 is 0 Å². The predicted octanol–water partition coefficient (Wildman–Crippen LogP) is 3.70. The summed E-state index contributed by atoms with van der Waals surface area (Å²) in [6.45, 7) is 4.08. The summed E-state index contributed by atoms with van der Waals surface area (Å²) >= 11 is 0. The van der Waals surface area contributed by atoms with Gasteiger partial charge >= 0.3 is 0 Å². The van der Waals surface area contributed by atoms with Crippen molar-refractivity contribution in [1.29, 1.82) is 0 Å². The molecule has 0 aliphatic rings. The Hall–Kier alpha value is -2.49. The van der Waals surface area contributed by atoms with Gasteiger partial charge in [0.05, 0.1) is 6.10 Å². The summed E-state index contributed by atoms with van der Waals surface area (Å²) in [7, 11) is 0. The number of hydrogen-bond acceptors (Lipinski definition) is 3. The zero-order valence-electron chi connectivity index (χ0n) is 12.3. The minimum atomic E-state index is -0.171. The van der Waals surface area contributed by atoms with Gasteiger partial charge in [0.1, 0.15) is 5.75 Å². The third-order valence-electron chi connectivity index (χ3n) is 3.17. The number of carbonyl (C=O) groups excluding carboxylic acids is 1. The van der Waals surface area contributed by atoms with Gasteiger partial charge < -0.3 is 15.8 Å². The first-order chi connectivity index (χ1) is 10.1. The lowest BCUT2D eigenvalue weighted by Crippen LogP contribution is -2.12. The number of nitrogens with one attached hydrogen (secondary N) is 1. The van der Waals surface area contributed by atoms with E-state index in [4.69, 9.17) is 10.5 Å². The number of hydrogen-bond donors (Lipinski definition) is 2. The minimum Gasteiger partial charge on any atom is -0.491 e. The van der Waals surface area contributed by atoms with Gasteiger partial charge in [0, 0.05) is 16.9 Å². The van der Waals surface area contributed by atoms with E-state index in [2.05, 4.69) is 12.2 Å². The Bertz CT molecular complexity index is 608. The molecule has 0 saturated heterocycles.